The minimum Gasteiger partial charge on any atom is -0.381 e. The van der Waals surface area contributed by atoms with Gasteiger partial charge < -0.3 is 24.8 Å². The first kappa shape index (κ1) is 43.5. The summed E-state index contributed by atoms with van der Waals surface area (Å²) in [5, 5.41) is 13.0. The van der Waals surface area contributed by atoms with Gasteiger partial charge in [-0.25, -0.2) is 19.0 Å². The van der Waals surface area contributed by atoms with E-state index < -0.39 is 0 Å². The van der Waals surface area contributed by atoms with E-state index in [2.05, 4.69) is 74.3 Å². The number of hydrogen-bond donors (Lipinski definition) is 3. The molecular formula is C50H62N10O5. The summed E-state index contributed by atoms with van der Waals surface area (Å²) in [6, 6.07) is 16.8. The van der Waals surface area contributed by atoms with Crippen LogP contribution in [0.15, 0.2) is 70.5 Å². The van der Waals surface area contributed by atoms with Crippen LogP contribution >= 0.6 is 0 Å². The molecule has 6 fully saturated rings. The number of nitrogens with one attached hydrogen (secondary N) is 3. The maximum Gasteiger partial charge on any atom is 0.276 e. The lowest BCUT2D eigenvalue weighted by atomic mass is 9.97. The third kappa shape index (κ3) is 9.51. The van der Waals surface area contributed by atoms with Gasteiger partial charge in [0.1, 0.15) is 29.6 Å². The summed E-state index contributed by atoms with van der Waals surface area (Å²) in [6.07, 6.45) is 13.1. The highest BCUT2D eigenvalue weighted by Crippen LogP contribution is 2.43. The Bertz CT molecular complexity index is 2720. The molecule has 0 bridgehead atoms. The maximum absolute atomic E-state index is 12.9. The Hall–Kier alpha value is -5.35. The zero-order valence-corrected chi connectivity index (χ0v) is 37.7. The van der Waals surface area contributed by atoms with Crippen LogP contribution in [-0.2, 0) is 16.0 Å². The molecule has 0 spiro atoms. The van der Waals surface area contributed by atoms with Crippen molar-refractivity contribution in [1.82, 2.24) is 49.4 Å². The zero-order valence-electron chi connectivity index (χ0n) is 37.7. The van der Waals surface area contributed by atoms with Crippen LogP contribution in [0.4, 0.5) is 0 Å². The van der Waals surface area contributed by atoms with Gasteiger partial charge in [0.25, 0.3) is 11.1 Å². The lowest BCUT2D eigenvalue weighted by molar-refractivity contribution is 0.0831. The van der Waals surface area contributed by atoms with Gasteiger partial charge >= 0.3 is 0 Å². The van der Waals surface area contributed by atoms with E-state index in [0.29, 0.717) is 40.6 Å². The van der Waals surface area contributed by atoms with Crippen molar-refractivity contribution in [3.63, 3.8) is 0 Å². The third-order valence-corrected chi connectivity index (χ3v) is 14.6. The molecule has 4 unspecified atom stereocenters. The standard InChI is InChI=1S/C25H31N5O2.C15H21N5O2.C10H10O/c1-16-13-29(14-19-4-2-3-5-20(19)17-6-7-17)15-21(16)23-27-25(31)22-12-26-24(30(22)28-23)18-8-10-32-11-9-18;1-9-6-16-7-11(9)13-18-15(21)12-8-17-14(20(12)19-13)10-2-4-22-5-3-10;11-7-9-3-1-2-4-10(9)8-5-6-8/h2-5,12,16-18,21H,6-11,13-15H2,1H3,(H,27,28,31);8-11,16H,2-7H2,1H3,(H,18,19,21);1-4,7-8H,5-6H2. The first-order valence-electron chi connectivity index (χ1n) is 24.0. The summed E-state index contributed by atoms with van der Waals surface area (Å²) in [5.74, 6) is 6.76. The van der Waals surface area contributed by atoms with Crippen LogP contribution in [0.1, 0.15) is 151 Å². The van der Waals surface area contributed by atoms with Crippen molar-refractivity contribution in [2.75, 3.05) is 52.6 Å². The lowest BCUT2D eigenvalue weighted by Crippen LogP contribution is -2.24. The van der Waals surface area contributed by atoms with Crippen LogP contribution in [0, 0.1) is 11.8 Å². The molecule has 0 radical (unpaired) electrons. The number of hydrogen-bond acceptors (Lipinski definition) is 11. The van der Waals surface area contributed by atoms with Crippen molar-refractivity contribution >= 4 is 17.3 Å². The van der Waals surface area contributed by atoms with Crippen molar-refractivity contribution in [2.24, 2.45) is 11.8 Å². The number of H-pyrrole nitrogens is 2. The molecule has 6 aliphatic rings. The van der Waals surface area contributed by atoms with Crippen molar-refractivity contribution in [3.05, 3.63) is 127 Å². The van der Waals surface area contributed by atoms with Crippen LogP contribution in [0.2, 0.25) is 0 Å². The number of imidazole rings is 2. The Labute approximate surface area is 378 Å². The highest BCUT2D eigenvalue weighted by atomic mass is 16.5. The Kier molecular flexibility index (Phi) is 12.9. The normalized spacial score (nSPS) is 24.2. The van der Waals surface area contributed by atoms with Gasteiger partial charge in [0.15, 0.2) is 11.0 Å². The fourth-order valence-corrected chi connectivity index (χ4v) is 10.5. The highest BCUT2D eigenvalue weighted by molar-refractivity contribution is 5.77. The minimum absolute atomic E-state index is 0.0921. The van der Waals surface area contributed by atoms with E-state index in [0.717, 1.165) is 126 Å². The van der Waals surface area contributed by atoms with E-state index in [9.17, 15) is 14.4 Å². The van der Waals surface area contributed by atoms with Crippen LogP contribution < -0.4 is 16.4 Å². The molecule has 15 nitrogen and oxygen atoms in total. The summed E-state index contributed by atoms with van der Waals surface area (Å²) in [7, 11) is 0. The molecule has 2 aromatic carbocycles. The molecule has 3 N–H and O–H groups in total. The highest BCUT2D eigenvalue weighted by Gasteiger charge is 2.35. The Morgan fingerprint density at radius 3 is 1.72 bits per heavy atom. The number of aldehydes is 1. The zero-order chi connectivity index (χ0) is 44.4. The van der Waals surface area contributed by atoms with Gasteiger partial charge in [-0.15, -0.1) is 0 Å². The molecule has 8 heterocycles. The first-order valence-corrected chi connectivity index (χ1v) is 24.0. The summed E-state index contributed by atoms with van der Waals surface area (Å²) in [4.78, 5) is 53.4. The topological polar surface area (TPSA) is 177 Å². The van der Waals surface area contributed by atoms with E-state index in [4.69, 9.17) is 19.7 Å². The van der Waals surface area contributed by atoms with Crippen molar-refractivity contribution in [2.45, 2.75) is 107 Å². The van der Waals surface area contributed by atoms with E-state index in [-0.39, 0.29) is 23.0 Å². The van der Waals surface area contributed by atoms with E-state index in [1.54, 1.807) is 16.9 Å². The average molecular weight is 883 g/mol. The number of aromatic nitrogens is 8. The molecule has 4 aromatic heterocycles. The molecule has 4 aliphatic heterocycles. The predicted molar refractivity (Wildman–Crippen MR) is 247 cm³/mol. The number of likely N-dealkylation sites (tertiary alicyclic amines) is 1. The molecule has 2 saturated carbocycles. The second-order valence-corrected chi connectivity index (χ2v) is 19.3. The largest absolute Gasteiger partial charge is 0.381 e. The number of ether oxygens (including phenoxy) is 2. The molecular weight excluding hydrogens is 821 g/mol. The number of benzene rings is 2. The summed E-state index contributed by atoms with van der Waals surface area (Å²) in [6.45, 7) is 12.2. The second kappa shape index (κ2) is 19.2. The molecule has 342 valence electrons. The molecule has 4 atom stereocenters. The summed E-state index contributed by atoms with van der Waals surface area (Å²) < 4.78 is 14.5. The van der Waals surface area contributed by atoms with E-state index in [1.165, 1.54) is 42.4 Å². The van der Waals surface area contributed by atoms with Crippen molar-refractivity contribution in [1.29, 1.82) is 0 Å². The predicted octanol–water partition coefficient (Wildman–Crippen LogP) is 6.44. The fraction of sp³-hybridized carbons (Fsp3) is 0.540. The van der Waals surface area contributed by atoms with Crippen molar-refractivity contribution < 1.29 is 14.3 Å². The van der Waals surface area contributed by atoms with Crippen LogP contribution in [0.3, 0.4) is 0 Å². The van der Waals surface area contributed by atoms with Gasteiger partial charge in [-0.05, 0) is 98.3 Å². The van der Waals surface area contributed by atoms with Gasteiger partial charge in [-0.2, -0.15) is 10.2 Å². The molecule has 65 heavy (non-hydrogen) atoms. The molecule has 2 aliphatic carbocycles. The SMILES string of the molecule is CC1CN(Cc2ccccc2C2CC2)CC1c1nn2c(C3CCOCC3)ncc2c(=O)[nH]1.CC1CNCC1c1nn2c(C3CCOCC3)ncc2c(=O)[nH]1.O=Cc1ccccc1C1CC1. The monoisotopic (exact) mass is 882 g/mol. The smallest absolute Gasteiger partial charge is 0.276 e. The van der Waals surface area contributed by atoms with Gasteiger partial charge in [0.2, 0.25) is 0 Å². The second-order valence-electron chi connectivity index (χ2n) is 19.3. The summed E-state index contributed by atoms with van der Waals surface area (Å²) >= 11 is 0. The first-order chi connectivity index (χ1) is 31.8. The number of rotatable bonds is 9. The third-order valence-electron chi connectivity index (χ3n) is 14.6. The maximum atomic E-state index is 12.9. The minimum atomic E-state index is -0.102. The molecule has 15 heteroatoms. The Morgan fingerprint density at radius 2 is 1.17 bits per heavy atom. The summed E-state index contributed by atoms with van der Waals surface area (Å²) in [5.41, 5.74) is 5.96. The lowest BCUT2D eigenvalue weighted by Gasteiger charge is -2.21. The van der Waals surface area contributed by atoms with Crippen LogP contribution in [0.5, 0.6) is 0 Å². The quantitative estimate of drug-likeness (QED) is 0.136. The van der Waals surface area contributed by atoms with Crippen LogP contribution in [0.25, 0.3) is 11.0 Å². The van der Waals surface area contributed by atoms with Gasteiger partial charge in [0.05, 0.1) is 12.4 Å². The van der Waals surface area contributed by atoms with Gasteiger partial charge in [0, 0.05) is 81.8 Å². The average Bonchev–Trinajstić information content (AvgIpc) is 4.19. The van der Waals surface area contributed by atoms with Crippen LogP contribution in [-0.4, -0.2) is 103 Å². The number of carbonyl (C=O) groups is 1. The van der Waals surface area contributed by atoms with E-state index >= 15 is 0 Å². The van der Waals surface area contributed by atoms with Gasteiger partial charge in [-0.3, -0.25) is 19.3 Å². The van der Waals surface area contributed by atoms with E-state index in [1.807, 2.05) is 22.7 Å². The number of carbonyl (C=O) groups excluding carboxylic acids is 1. The molecule has 12 rings (SSSR count). The Morgan fingerprint density at radius 1 is 0.631 bits per heavy atom. The fourth-order valence-electron chi connectivity index (χ4n) is 10.5. The number of aromatic amines is 2. The molecule has 4 saturated heterocycles. The molecule has 6 aromatic rings. The number of fused-ring (bicyclic) bond motifs is 2. The van der Waals surface area contributed by atoms with Gasteiger partial charge in [-0.1, -0.05) is 62.4 Å². The number of nitrogens with zero attached hydrogens (tertiary/aromatic N) is 7. The Balaban J connectivity index is 0.000000129. The van der Waals surface area contributed by atoms with Crippen molar-refractivity contribution in [3.8, 4) is 0 Å². The molecule has 0 amide bonds.